The van der Waals surface area contributed by atoms with Crippen LogP contribution in [0.15, 0.2) is 84.9 Å². The minimum absolute atomic E-state index is 0.0808. The van der Waals surface area contributed by atoms with Gasteiger partial charge in [-0.2, -0.15) is 0 Å². The zero-order valence-electron chi connectivity index (χ0n) is 16.6. The maximum absolute atomic E-state index is 13.3. The van der Waals surface area contributed by atoms with E-state index < -0.39 is 23.8 Å². The Morgan fingerprint density at radius 3 is 2.13 bits per heavy atom. The Morgan fingerprint density at radius 2 is 1.48 bits per heavy atom. The van der Waals surface area contributed by atoms with E-state index in [0.717, 1.165) is 4.90 Å². The largest absolute Gasteiger partial charge is 0.332 e. The number of urea groups is 1. The fraction of sp³-hybridized carbons (Fsp3) is 0.125. The highest BCUT2D eigenvalue weighted by atomic mass is 19.1. The first-order valence-electron chi connectivity index (χ1n) is 9.82. The molecule has 1 saturated heterocycles. The Bertz CT molecular complexity index is 1090. The van der Waals surface area contributed by atoms with Gasteiger partial charge in [0.1, 0.15) is 11.9 Å². The number of carbonyl (C=O) groups excluding carboxylic acids is 3. The summed E-state index contributed by atoms with van der Waals surface area (Å²) < 4.78 is 13.3. The summed E-state index contributed by atoms with van der Waals surface area (Å²) in [5.74, 6) is -1.24. The van der Waals surface area contributed by atoms with Crippen LogP contribution in [-0.4, -0.2) is 28.8 Å². The van der Waals surface area contributed by atoms with Gasteiger partial charge < -0.3 is 10.2 Å². The summed E-state index contributed by atoms with van der Waals surface area (Å²) in [7, 11) is 0. The zero-order chi connectivity index (χ0) is 21.8. The fourth-order valence-electron chi connectivity index (χ4n) is 3.52. The van der Waals surface area contributed by atoms with Gasteiger partial charge in [-0.25, -0.2) is 14.1 Å². The normalized spacial score (nSPS) is 16.0. The van der Waals surface area contributed by atoms with Crippen molar-refractivity contribution in [2.75, 3.05) is 10.2 Å². The number of para-hydroxylation sites is 2. The van der Waals surface area contributed by atoms with Crippen LogP contribution >= 0.6 is 0 Å². The lowest BCUT2D eigenvalue weighted by molar-refractivity contribution is -0.124. The van der Waals surface area contributed by atoms with Crippen molar-refractivity contribution in [2.45, 2.75) is 19.0 Å². The van der Waals surface area contributed by atoms with Gasteiger partial charge in [0.2, 0.25) is 5.91 Å². The van der Waals surface area contributed by atoms with Gasteiger partial charge in [0, 0.05) is 12.2 Å². The van der Waals surface area contributed by atoms with Gasteiger partial charge in [-0.05, 0) is 42.0 Å². The van der Waals surface area contributed by atoms with Crippen LogP contribution in [-0.2, 0) is 16.1 Å². The van der Waals surface area contributed by atoms with E-state index in [1.54, 1.807) is 66.7 Å². The molecule has 1 fully saturated rings. The Morgan fingerprint density at radius 1 is 0.871 bits per heavy atom. The monoisotopic (exact) mass is 417 g/mol. The Kier molecular flexibility index (Phi) is 5.75. The third kappa shape index (κ3) is 4.45. The molecule has 1 heterocycles. The number of halogens is 1. The predicted octanol–water partition coefficient (Wildman–Crippen LogP) is 4.19. The second-order valence-electron chi connectivity index (χ2n) is 7.18. The molecule has 1 atom stereocenters. The number of hydrogen-bond acceptors (Lipinski definition) is 3. The van der Waals surface area contributed by atoms with E-state index >= 15 is 0 Å². The Balaban J connectivity index is 1.60. The second kappa shape index (κ2) is 8.79. The average Bonchev–Trinajstić information content (AvgIpc) is 3.00. The van der Waals surface area contributed by atoms with Crippen LogP contribution in [0.3, 0.4) is 0 Å². The smallest absolute Gasteiger partial charge is 0.326 e. The molecule has 0 aliphatic carbocycles. The molecule has 0 radical (unpaired) electrons. The molecule has 0 unspecified atom stereocenters. The first kappa shape index (κ1) is 20.3. The van der Waals surface area contributed by atoms with Gasteiger partial charge in [-0.15, -0.1) is 0 Å². The number of amides is 4. The van der Waals surface area contributed by atoms with E-state index in [2.05, 4.69) is 5.32 Å². The number of imide groups is 1. The van der Waals surface area contributed by atoms with Gasteiger partial charge in [0.15, 0.2) is 0 Å². The molecule has 0 bridgehead atoms. The standard InChI is InChI=1S/C24H20FN3O3/c25-18-13-11-17(12-14-18)16-27-21(15-22(29)26-19-7-3-1-4-8-19)23(30)28(24(27)31)20-9-5-2-6-10-20/h1-14,21H,15-16H2,(H,26,29)/t21-/m1/s1. The van der Waals surface area contributed by atoms with Crippen LogP contribution in [0, 0.1) is 5.82 Å². The molecule has 1 aliphatic heterocycles. The summed E-state index contributed by atoms with van der Waals surface area (Å²) >= 11 is 0. The highest BCUT2D eigenvalue weighted by Crippen LogP contribution is 2.28. The lowest BCUT2D eigenvalue weighted by Gasteiger charge is -2.21. The van der Waals surface area contributed by atoms with Crippen LogP contribution in [0.25, 0.3) is 0 Å². The zero-order valence-corrected chi connectivity index (χ0v) is 16.6. The van der Waals surface area contributed by atoms with Crippen molar-refractivity contribution in [3.05, 3.63) is 96.3 Å². The molecule has 6 nitrogen and oxygen atoms in total. The topological polar surface area (TPSA) is 69.7 Å². The van der Waals surface area contributed by atoms with E-state index in [1.807, 2.05) is 6.07 Å². The van der Waals surface area contributed by atoms with Crippen molar-refractivity contribution in [2.24, 2.45) is 0 Å². The first-order chi connectivity index (χ1) is 15.0. The van der Waals surface area contributed by atoms with Crippen molar-refractivity contribution in [1.29, 1.82) is 0 Å². The molecule has 0 saturated carbocycles. The molecule has 0 aromatic heterocycles. The quantitative estimate of drug-likeness (QED) is 0.612. The summed E-state index contributed by atoms with van der Waals surface area (Å²) in [4.78, 5) is 41.4. The molecule has 1 N–H and O–H groups in total. The summed E-state index contributed by atoms with van der Waals surface area (Å²) in [5, 5.41) is 2.75. The number of hydrogen-bond donors (Lipinski definition) is 1. The minimum Gasteiger partial charge on any atom is -0.326 e. The number of rotatable bonds is 6. The summed E-state index contributed by atoms with van der Waals surface area (Å²) in [6, 6.07) is 21.7. The van der Waals surface area contributed by atoms with Crippen molar-refractivity contribution >= 4 is 29.2 Å². The highest BCUT2D eigenvalue weighted by Gasteiger charge is 2.46. The van der Waals surface area contributed by atoms with Crippen molar-refractivity contribution in [3.8, 4) is 0 Å². The van der Waals surface area contributed by atoms with Gasteiger partial charge in [-0.3, -0.25) is 9.59 Å². The maximum Gasteiger partial charge on any atom is 0.332 e. The van der Waals surface area contributed by atoms with Crippen LogP contribution in [0.1, 0.15) is 12.0 Å². The number of carbonyl (C=O) groups is 3. The molecule has 3 aromatic carbocycles. The minimum atomic E-state index is -0.971. The number of benzene rings is 3. The molecular formula is C24H20FN3O3. The Labute approximate surface area is 178 Å². The van der Waals surface area contributed by atoms with Crippen LogP contribution in [0.5, 0.6) is 0 Å². The van der Waals surface area contributed by atoms with Crippen molar-refractivity contribution < 1.29 is 18.8 Å². The van der Waals surface area contributed by atoms with Gasteiger partial charge in [-0.1, -0.05) is 48.5 Å². The lowest BCUT2D eigenvalue weighted by Crippen LogP contribution is -2.37. The maximum atomic E-state index is 13.3. The van der Waals surface area contributed by atoms with Crippen LogP contribution in [0.4, 0.5) is 20.6 Å². The molecule has 156 valence electrons. The highest BCUT2D eigenvalue weighted by molar-refractivity contribution is 6.22. The molecule has 7 heteroatoms. The molecule has 31 heavy (non-hydrogen) atoms. The SMILES string of the molecule is O=C(C[C@@H]1C(=O)N(c2ccccc2)C(=O)N1Cc1ccc(F)cc1)Nc1ccccc1. The fourth-order valence-corrected chi connectivity index (χ4v) is 3.52. The van der Waals surface area contributed by atoms with E-state index in [9.17, 15) is 18.8 Å². The molecule has 3 aromatic rings. The number of anilines is 2. The predicted molar refractivity (Wildman–Crippen MR) is 115 cm³/mol. The molecule has 1 aliphatic rings. The number of nitrogens with one attached hydrogen (secondary N) is 1. The third-order valence-corrected chi connectivity index (χ3v) is 5.04. The number of nitrogens with zero attached hydrogens (tertiary/aromatic N) is 2. The molecule has 4 amide bonds. The lowest BCUT2D eigenvalue weighted by atomic mass is 10.1. The molecule has 4 rings (SSSR count). The summed E-state index contributed by atoms with van der Waals surface area (Å²) in [6.07, 6.45) is -0.190. The van der Waals surface area contributed by atoms with Gasteiger partial charge >= 0.3 is 6.03 Å². The van der Waals surface area contributed by atoms with E-state index in [0.29, 0.717) is 16.9 Å². The average molecular weight is 417 g/mol. The summed E-state index contributed by atoms with van der Waals surface area (Å²) in [5.41, 5.74) is 1.70. The third-order valence-electron chi connectivity index (χ3n) is 5.04. The molecule has 0 spiro atoms. The van der Waals surface area contributed by atoms with E-state index in [4.69, 9.17) is 0 Å². The Hall–Kier alpha value is -4.00. The molecular weight excluding hydrogens is 397 g/mol. The second-order valence-corrected chi connectivity index (χ2v) is 7.18. The van der Waals surface area contributed by atoms with Gasteiger partial charge in [0.05, 0.1) is 12.1 Å². The van der Waals surface area contributed by atoms with Crippen molar-refractivity contribution in [3.63, 3.8) is 0 Å². The summed E-state index contributed by atoms with van der Waals surface area (Å²) in [6.45, 7) is 0.0808. The van der Waals surface area contributed by atoms with Crippen molar-refractivity contribution in [1.82, 2.24) is 4.90 Å². The van der Waals surface area contributed by atoms with E-state index in [1.165, 1.54) is 17.0 Å². The van der Waals surface area contributed by atoms with Gasteiger partial charge in [0.25, 0.3) is 5.91 Å². The first-order valence-corrected chi connectivity index (χ1v) is 9.82. The van der Waals surface area contributed by atoms with Crippen LogP contribution < -0.4 is 10.2 Å². The van der Waals surface area contributed by atoms with E-state index in [-0.39, 0.29) is 18.9 Å². The van der Waals surface area contributed by atoms with Crippen LogP contribution in [0.2, 0.25) is 0 Å².